The monoisotopic (exact) mass is 365 g/mol. The Bertz CT molecular complexity index is 531. The zero-order valence-corrected chi connectivity index (χ0v) is 16.4. The molecule has 2 saturated carbocycles. The van der Waals surface area contributed by atoms with Gasteiger partial charge in [0.2, 0.25) is 5.95 Å². The van der Waals surface area contributed by atoms with E-state index in [1.807, 2.05) is 6.07 Å². The van der Waals surface area contributed by atoms with Crippen molar-refractivity contribution in [1.29, 1.82) is 0 Å². The van der Waals surface area contributed by atoms with Gasteiger partial charge in [-0.05, 0) is 68.3 Å². The maximum Gasteiger partial charge on any atom is 0.217 e. The number of nitrogens with zero attached hydrogens (tertiary/aromatic N) is 1. The Labute approximate surface area is 157 Å². The summed E-state index contributed by atoms with van der Waals surface area (Å²) < 4.78 is 14.1. The standard InChI is InChI=1S/C22H33ClFN/c1-2-3-4-5-16-6-8-17(9-7-16)18-10-12-19(13-11-18)20-14-15-21(23)25-22(20)24/h14-19H,2-13H2,1H3. The van der Waals surface area contributed by atoms with Crippen LogP contribution in [0.4, 0.5) is 4.39 Å². The van der Waals surface area contributed by atoms with Gasteiger partial charge < -0.3 is 0 Å². The van der Waals surface area contributed by atoms with Gasteiger partial charge in [-0.3, -0.25) is 0 Å². The number of unbranched alkanes of at least 4 members (excludes halogenated alkanes) is 2. The van der Waals surface area contributed by atoms with Crippen LogP contribution in [0.15, 0.2) is 12.1 Å². The largest absolute Gasteiger partial charge is 0.217 e. The van der Waals surface area contributed by atoms with Gasteiger partial charge in [-0.1, -0.05) is 63.1 Å². The van der Waals surface area contributed by atoms with Crippen molar-refractivity contribution in [3.8, 4) is 0 Å². The van der Waals surface area contributed by atoms with Crippen LogP contribution in [0.3, 0.4) is 0 Å². The summed E-state index contributed by atoms with van der Waals surface area (Å²) in [5, 5.41) is 0.255. The Morgan fingerprint density at radius 1 is 0.960 bits per heavy atom. The van der Waals surface area contributed by atoms with Gasteiger partial charge in [-0.2, -0.15) is 4.39 Å². The second kappa shape index (κ2) is 9.35. The van der Waals surface area contributed by atoms with E-state index >= 15 is 0 Å². The molecule has 1 nitrogen and oxygen atoms in total. The molecule has 2 aliphatic rings. The Morgan fingerprint density at radius 3 is 2.20 bits per heavy atom. The first kappa shape index (κ1) is 19.1. The minimum Gasteiger partial charge on any atom is -0.208 e. The summed E-state index contributed by atoms with van der Waals surface area (Å²) in [5.41, 5.74) is 0.780. The summed E-state index contributed by atoms with van der Waals surface area (Å²) in [4.78, 5) is 3.80. The number of pyridine rings is 1. The van der Waals surface area contributed by atoms with Crippen LogP contribution in [0.5, 0.6) is 0 Å². The molecule has 0 bridgehead atoms. The smallest absolute Gasteiger partial charge is 0.208 e. The summed E-state index contributed by atoms with van der Waals surface area (Å²) in [6.07, 6.45) is 16.1. The molecule has 3 heteroatoms. The maximum absolute atomic E-state index is 14.1. The molecule has 0 unspecified atom stereocenters. The predicted octanol–water partition coefficient (Wildman–Crippen LogP) is 7.53. The fourth-order valence-corrected chi connectivity index (χ4v) is 5.40. The molecule has 0 amide bonds. The highest BCUT2D eigenvalue weighted by Gasteiger charge is 2.32. The van der Waals surface area contributed by atoms with Gasteiger partial charge in [-0.15, -0.1) is 0 Å². The molecule has 1 aromatic heterocycles. The predicted molar refractivity (Wildman–Crippen MR) is 103 cm³/mol. The summed E-state index contributed by atoms with van der Waals surface area (Å²) in [6.45, 7) is 2.29. The molecule has 2 fully saturated rings. The highest BCUT2D eigenvalue weighted by molar-refractivity contribution is 6.29. The van der Waals surface area contributed by atoms with E-state index in [9.17, 15) is 4.39 Å². The van der Waals surface area contributed by atoms with Crippen molar-refractivity contribution in [2.24, 2.45) is 17.8 Å². The molecule has 0 atom stereocenters. The molecule has 2 aliphatic carbocycles. The van der Waals surface area contributed by atoms with E-state index in [4.69, 9.17) is 11.6 Å². The number of hydrogen-bond donors (Lipinski definition) is 0. The first-order valence-electron chi connectivity index (χ1n) is 10.5. The van der Waals surface area contributed by atoms with Gasteiger partial charge in [-0.25, -0.2) is 4.98 Å². The normalized spacial score (nSPS) is 30.4. The van der Waals surface area contributed by atoms with Crippen molar-refractivity contribution in [3.05, 3.63) is 28.8 Å². The lowest BCUT2D eigenvalue weighted by molar-refractivity contribution is 0.155. The SMILES string of the molecule is CCCCCC1CCC(C2CCC(c3ccc(Cl)nc3F)CC2)CC1. The first-order valence-corrected chi connectivity index (χ1v) is 10.9. The topological polar surface area (TPSA) is 12.9 Å². The zero-order chi connectivity index (χ0) is 17.6. The Kier molecular flexibility index (Phi) is 7.16. The van der Waals surface area contributed by atoms with Crippen LogP contribution in [-0.2, 0) is 0 Å². The van der Waals surface area contributed by atoms with Crippen molar-refractivity contribution in [2.75, 3.05) is 0 Å². The minimum absolute atomic E-state index is 0.255. The van der Waals surface area contributed by atoms with Crippen LogP contribution >= 0.6 is 11.6 Å². The summed E-state index contributed by atoms with van der Waals surface area (Å²) >= 11 is 5.78. The molecule has 140 valence electrons. The Hall–Kier alpha value is -0.630. The van der Waals surface area contributed by atoms with Crippen molar-refractivity contribution in [3.63, 3.8) is 0 Å². The third kappa shape index (κ3) is 5.18. The number of aromatic nitrogens is 1. The molecule has 0 aliphatic heterocycles. The van der Waals surface area contributed by atoms with E-state index in [0.717, 1.165) is 36.2 Å². The van der Waals surface area contributed by atoms with Crippen molar-refractivity contribution in [2.45, 2.75) is 89.9 Å². The van der Waals surface area contributed by atoms with Crippen LogP contribution < -0.4 is 0 Å². The molecule has 0 saturated heterocycles. The van der Waals surface area contributed by atoms with E-state index in [1.165, 1.54) is 64.2 Å². The third-order valence-electron chi connectivity index (χ3n) is 6.83. The first-order chi connectivity index (χ1) is 12.2. The molecule has 3 rings (SSSR count). The fraction of sp³-hybridized carbons (Fsp3) is 0.773. The van der Waals surface area contributed by atoms with E-state index in [2.05, 4.69) is 11.9 Å². The van der Waals surface area contributed by atoms with Gasteiger partial charge in [0.05, 0.1) is 0 Å². The molecular weight excluding hydrogens is 333 g/mol. The fourth-order valence-electron chi connectivity index (χ4n) is 5.26. The Morgan fingerprint density at radius 2 is 1.60 bits per heavy atom. The molecular formula is C22H33ClFN. The number of rotatable bonds is 6. The van der Waals surface area contributed by atoms with Crippen LogP contribution in [0.2, 0.25) is 5.15 Å². The molecule has 0 aromatic carbocycles. The highest BCUT2D eigenvalue weighted by atomic mass is 35.5. The zero-order valence-electron chi connectivity index (χ0n) is 15.7. The third-order valence-corrected chi connectivity index (χ3v) is 7.04. The lowest BCUT2D eigenvalue weighted by Gasteiger charge is -2.38. The molecule has 0 spiro atoms. The van der Waals surface area contributed by atoms with Crippen molar-refractivity contribution >= 4 is 11.6 Å². The molecule has 0 radical (unpaired) electrons. The van der Waals surface area contributed by atoms with Crippen LogP contribution in [0, 0.1) is 23.7 Å². The van der Waals surface area contributed by atoms with Gasteiger partial charge in [0.25, 0.3) is 0 Å². The second-order valence-electron chi connectivity index (χ2n) is 8.40. The van der Waals surface area contributed by atoms with Crippen molar-refractivity contribution in [1.82, 2.24) is 4.98 Å². The van der Waals surface area contributed by atoms with E-state index in [0.29, 0.717) is 5.92 Å². The van der Waals surface area contributed by atoms with Crippen LogP contribution in [0.1, 0.15) is 95.5 Å². The van der Waals surface area contributed by atoms with Gasteiger partial charge in [0.1, 0.15) is 5.15 Å². The Balaban J connectivity index is 1.44. The highest BCUT2D eigenvalue weighted by Crippen LogP contribution is 2.44. The van der Waals surface area contributed by atoms with Gasteiger partial charge >= 0.3 is 0 Å². The molecule has 1 heterocycles. The average molecular weight is 366 g/mol. The second-order valence-corrected chi connectivity index (χ2v) is 8.79. The summed E-state index contributed by atoms with van der Waals surface area (Å²) in [5.74, 6) is 2.77. The quantitative estimate of drug-likeness (QED) is 0.375. The summed E-state index contributed by atoms with van der Waals surface area (Å²) in [6, 6.07) is 3.57. The number of hydrogen-bond acceptors (Lipinski definition) is 1. The average Bonchev–Trinajstić information content (AvgIpc) is 2.63. The van der Waals surface area contributed by atoms with Crippen LogP contribution in [0.25, 0.3) is 0 Å². The molecule has 0 N–H and O–H groups in total. The van der Waals surface area contributed by atoms with Gasteiger partial charge in [0, 0.05) is 5.56 Å². The minimum atomic E-state index is -0.358. The van der Waals surface area contributed by atoms with E-state index in [-0.39, 0.29) is 11.1 Å². The molecule has 25 heavy (non-hydrogen) atoms. The maximum atomic E-state index is 14.1. The van der Waals surface area contributed by atoms with E-state index < -0.39 is 0 Å². The number of halogens is 2. The van der Waals surface area contributed by atoms with Crippen LogP contribution in [-0.4, -0.2) is 4.98 Å². The lowest BCUT2D eigenvalue weighted by Crippen LogP contribution is -2.25. The lowest BCUT2D eigenvalue weighted by atomic mass is 9.68. The molecule has 1 aromatic rings. The van der Waals surface area contributed by atoms with Gasteiger partial charge in [0.15, 0.2) is 0 Å². The summed E-state index contributed by atoms with van der Waals surface area (Å²) in [7, 11) is 0. The van der Waals surface area contributed by atoms with Crippen molar-refractivity contribution < 1.29 is 4.39 Å². The van der Waals surface area contributed by atoms with E-state index in [1.54, 1.807) is 6.07 Å².